The van der Waals surface area contributed by atoms with E-state index in [1.165, 1.54) is 77.0 Å². The van der Waals surface area contributed by atoms with Crippen LogP contribution < -0.4 is 11.5 Å². The van der Waals surface area contributed by atoms with E-state index in [0.29, 0.717) is 26.4 Å². The highest BCUT2D eigenvalue weighted by molar-refractivity contribution is 4.94. The van der Waals surface area contributed by atoms with Gasteiger partial charge in [0.2, 0.25) is 0 Å². The average Bonchev–Trinajstić information content (AvgIpc) is 2.83. The average molecular weight is 471 g/mol. The standard InChI is InChI=1S/C27H54N2O4/c1-4-7-9-11-13-15-17-20-30-25-23(22-28)33-27(32-19-6-3)24(29)26(25)31-21-18-16-14-12-10-8-5-2/h6,23-27H,3-5,7-22,28-29H2,1-2H3/t23-,24-,25-,26-,27+/m1/s1. The SMILES string of the molecule is C=CCO[C@H]1O[C@H](CN)[C@@H](OCCCCCCCCC)[C@H](OCCCCCCCCC)[C@H]1N. The first-order valence-electron chi connectivity index (χ1n) is 13.8. The number of ether oxygens (including phenoxy) is 4. The molecule has 196 valence electrons. The van der Waals surface area contributed by atoms with Crippen molar-refractivity contribution in [3.05, 3.63) is 12.7 Å². The maximum Gasteiger partial charge on any atom is 0.176 e. The van der Waals surface area contributed by atoms with Crippen LogP contribution in [-0.2, 0) is 18.9 Å². The fourth-order valence-corrected chi connectivity index (χ4v) is 4.39. The van der Waals surface area contributed by atoms with Gasteiger partial charge in [-0.25, -0.2) is 0 Å². The van der Waals surface area contributed by atoms with Crippen LogP contribution in [0.5, 0.6) is 0 Å². The van der Waals surface area contributed by atoms with Gasteiger partial charge in [-0.15, -0.1) is 6.58 Å². The molecule has 0 aliphatic carbocycles. The minimum Gasteiger partial charge on any atom is -0.374 e. The molecule has 1 saturated heterocycles. The highest BCUT2D eigenvalue weighted by Crippen LogP contribution is 2.26. The Bertz CT molecular complexity index is 452. The smallest absolute Gasteiger partial charge is 0.176 e. The summed E-state index contributed by atoms with van der Waals surface area (Å²) in [5, 5.41) is 0. The summed E-state index contributed by atoms with van der Waals surface area (Å²) in [5.74, 6) is 0. The molecular weight excluding hydrogens is 416 g/mol. The van der Waals surface area contributed by atoms with Crippen molar-refractivity contribution >= 4 is 0 Å². The molecule has 6 nitrogen and oxygen atoms in total. The Hall–Kier alpha value is -0.500. The molecule has 0 spiro atoms. The van der Waals surface area contributed by atoms with E-state index < -0.39 is 12.3 Å². The summed E-state index contributed by atoms with van der Waals surface area (Å²) >= 11 is 0. The third kappa shape index (κ3) is 13.2. The van der Waals surface area contributed by atoms with Gasteiger partial charge in [0.1, 0.15) is 18.3 Å². The van der Waals surface area contributed by atoms with Gasteiger partial charge in [-0.2, -0.15) is 0 Å². The van der Waals surface area contributed by atoms with E-state index in [-0.39, 0.29) is 18.3 Å². The largest absolute Gasteiger partial charge is 0.374 e. The zero-order valence-corrected chi connectivity index (χ0v) is 21.7. The predicted octanol–water partition coefficient (Wildman–Crippen LogP) is 5.47. The summed E-state index contributed by atoms with van der Waals surface area (Å²) in [6, 6.07) is -0.420. The second-order valence-corrected chi connectivity index (χ2v) is 9.39. The van der Waals surface area contributed by atoms with E-state index in [0.717, 1.165) is 12.8 Å². The molecule has 0 aromatic rings. The minimum atomic E-state index is -0.561. The van der Waals surface area contributed by atoms with Crippen LogP contribution in [0.4, 0.5) is 0 Å². The zero-order chi connectivity index (χ0) is 24.2. The Kier molecular flexibility index (Phi) is 19.3. The molecule has 33 heavy (non-hydrogen) atoms. The van der Waals surface area contributed by atoms with Gasteiger partial charge in [0.15, 0.2) is 6.29 Å². The highest BCUT2D eigenvalue weighted by Gasteiger charge is 2.45. The predicted molar refractivity (Wildman–Crippen MR) is 137 cm³/mol. The third-order valence-corrected chi connectivity index (χ3v) is 6.42. The van der Waals surface area contributed by atoms with Gasteiger partial charge in [0, 0.05) is 19.8 Å². The third-order valence-electron chi connectivity index (χ3n) is 6.42. The molecule has 4 N–H and O–H groups in total. The van der Waals surface area contributed by atoms with Crippen LogP contribution in [0.15, 0.2) is 12.7 Å². The van der Waals surface area contributed by atoms with E-state index in [9.17, 15) is 0 Å². The fourth-order valence-electron chi connectivity index (χ4n) is 4.39. The molecule has 0 amide bonds. The second kappa shape index (κ2) is 20.8. The monoisotopic (exact) mass is 470 g/mol. The van der Waals surface area contributed by atoms with Crippen molar-refractivity contribution in [3.63, 3.8) is 0 Å². The van der Waals surface area contributed by atoms with Gasteiger partial charge in [-0.1, -0.05) is 97.0 Å². The van der Waals surface area contributed by atoms with Crippen LogP contribution in [0, 0.1) is 0 Å². The van der Waals surface area contributed by atoms with Gasteiger partial charge < -0.3 is 30.4 Å². The number of hydrogen-bond acceptors (Lipinski definition) is 6. The lowest BCUT2D eigenvalue weighted by atomic mass is 9.96. The zero-order valence-electron chi connectivity index (χ0n) is 21.7. The molecule has 1 rings (SSSR count). The number of unbranched alkanes of at least 4 members (excludes halogenated alkanes) is 12. The van der Waals surface area contributed by atoms with Crippen LogP contribution in [0.2, 0.25) is 0 Å². The molecule has 0 aromatic carbocycles. The lowest BCUT2D eigenvalue weighted by Gasteiger charge is -2.44. The Balaban J connectivity index is 2.51. The van der Waals surface area contributed by atoms with Gasteiger partial charge >= 0.3 is 0 Å². The van der Waals surface area contributed by atoms with E-state index in [1.54, 1.807) is 6.08 Å². The van der Waals surface area contributed by atoms with Crippen LogP contribution in [0.3, 0.4) is 0 Å². The summed E-state index contributed by atoms with van der Waals surface area (Å²) in [7, 11) is 0. The Morgan fingerprint density at radius 3 is 1.70 bits per heavy atom. The number of nitrogens with two attached hydrogens (primary N) is 2. The molecule has 1 aliphatic heterocycles. The van der Waals surface area contributed by atoms with Crippen molar-refractivity contribution in [1.29, 1.82) is 0 Å². The molecule has 0 radical (unpaired) electrons. The summed E-state index contributed by atoms with van der Waals surface area (Å²) in [6.07, 6.45) is 17.8. The number of hydrogen-bond donors (Lipinski definition) is 2. The highest BCUT2D eigenvalue weighted by atomic mass is 16.7. The first-order chi connectivity index (χ1) is 16.2. The van der Waals surface area contributed by atoms with Crippen molar-refractivity contribution in [2.45, 2.75) is 134 Å². The van der Waals surface area contributed by atoms with Gasteiger partial charge in [-0.05, 0) is 12.8 Å². The van der Waals surface area contributed by atoms with Crippen molar-refractivity contribution in [2.75, 3.05) is 26.4 Å². The van der Waals surface area contributed by atoms with E-state index in [1.807, 2.05) is 0 Å². The fraction of sp³-hybridized carbons (Fsp3) is 0.926. The first kappa shape index (κ1) is 30.5. The van der Waals surface area contributed by atoms with Crippen molar-refractivity contribution in [3.8, 4) is 0 Å². The van der Waals surface area contributed by atoms with Crippen LogP contribution in [0.1, 0.15) is 104 Å². The molecule has 5 atom stereocenters. The molecule has 0 aromatic heterocycles. The molecule has 1 aliphatic rings. The summed E-state index contributed by atoms with van der Waals surface area (Å²) in [4.78, 5) is 0. The summed E-state index contributed by atoms with van der Waals surface area (Å²) < 4.78 is 24.4. The molecular formula is C27H54N2O4. The minimum absolute atomic E-state index is 0.266. The Morgan fingerprint density at radius 1 is 0.727 bits per heavy atom. The van der Waals surface area contributed by atoms with E-state index in [4.69, 9.17) is 30.4 Å². The number of rotatable bonds is 22. The van der Waals surface area contributed by atoms with Gasteiger partial charge in [0.05, 0.1) is 12.6 Å². The molecule has 1 fully saturated rings. The molecule has 0 saturated carbocycles. The molecule has 0 bridgehead atoms. The van der Waals surface area contributed by atoms with Crippen molar-refractivity contribution in [2.24, 2.45) is 11.5 Å². The van der Waals surface area contributed by atoms with E-state index >= 15 is 0 Å². The normalized spacial score (nSPS) is 25.4. The Morgan fingerprint density at radius 2 is 1.21 bits per heavy atom. The van der Waals surface area contributed by atoms with Crippen molar-refractivity contribution in [1.82, 2.24) is 0 Å². The molecule has 1 heterocycles. The van der Waals surface area contributed by atoms with Crippen molar-refractivity contribution < 1.29 is 18.9 Å². The maximum atomic E-state index is 6.54. The van der Waals surface area contributed by atoms with E-state index in [2.05, 4.69) is 20.4 Å². The van der Waals surface area contributed by atoms with Crippen LogP contribution in [-0.4, -0.2) is 57.0 Å². The van der Waals surface area contributed by atoms with Gasteiger partial charge in [0.25, 0.3) is 0 Å². The van der Waals surface area contributed by atoms with Gasteiger partial charge in [-0.3, -0.25) is 0 Å². The first-order valence-corrected chi connectivity index (χ1v) is 13.8. The van der Waals surface area contributed by atoms with Crippen LogP contribution >= 0.6 is 0 Å². The summed E-state index contributed by atoms with van der Waals surface area (Å²) in [6.45, 7) is 10.3. The lowest BCUT2D eigenvalue weighted by molar-refractivity contribution is -0.270. The maximum absolute atomic E-state index is 6.54. The molecule has 0 unspecified atom stereocenters. The second-order valence-electron chi connectivity index (χ2n) is 9.39. The summed E-state index contributed by atoms with van der Waals surface area (Å²) in [5.41, 5.74) is 12.6. The molecule has 6 heteroatoms. The topological polar surface area (TPSA) is 89.0 Å². The van der Waals surface area contributed by atoms with Crippen LogP contribution in [0.25, 0.3) is 0 Å². The quantitative estimate of drug-likeness (QED) is 0.161. The lowest BCUT2D eigenvalue weighted by Crippen LogP contribution is -2.64. The Labute approximate surface area is 204 Å².